The van der Waals surface area contributed by atoms with E-state index in [2.05, 4.69) is 10.1 Å². The second-order valence-electron chi connectivity index (χ2n) is 6.27. The van der Waals surface area contributed by atoms with Crippen molar-refractivity contribution in [2.75, 3.05) is 19.0 Å². The van der Waals surface area contributed by atoms with Crippen LogP contribution in [0.15, 0.2) is 72.8 Å². The number of anilines is 1. The molecule has 0 atom stereocenters. The standard InChI is InChI=1S/C23H18FNO5/c1-29-23(28)17-4-10-19(11-5-17)25-21(26)14-30-20-12-6-16(7-13-20)22(27)15-2-8-18(24)9-3-15/h2-13H,14H2,1H3,(H,25,26). The number of benzene rings is 3. The molecular weight excluding hydrogens is 389 g/mol. The normalized spacial score (nSPS) is 10.2. The minimum atomic E-state index is -0.461. The number of hydrogen-bond acceptors (Lipinski definition) is 5. The molecule has 0 unspecified atom stereocenters. The molecule has 0 aliphatic rings. The van der Waals surface area contributed by atoms with Crippen LogP contribution in [0.1, 0.15) is 26.3 Å². The third kappa shape index (κ3) is 5.29. The first-order valence-corrected chi connectivity index (χ1v) is 8.97. The van der Waals surface area contributed by atoms with Crippen molar-refractivity contribution in [3.63, 3.8) is 0 Å². The van der Waals surface area contributed by atoms with Gasteiger partial charge >= 0.3 is 5.97 Å². The maximum absolute atomic E-state index is 13.0. The topological polar surface area (TPSA) is 81.7 Å². The van der Waals surface area contributed by atoms with Gasteiger partial charge in [0.2, 0.25) is 0 Å². The van der Waals surface area contributed by atoms with Gasteiger partial charge in [0.05, 0.1) is 12.7 Å². The number of nitrogens with one attached hydrogen (secondary N) is 1. The van der Waals surface area contributed by atoms with Crippen LogP contribution >= 0.6 is 0 Å². The highest BCUT2D eigenvalue weighted by Gasteiger charge is 2.10. The molecule has 0 radical (unpaired) electrons. The second kappa shape index (κ2) is 9.47. The smallest absolute Gasteiger partial charge is 0.337 e. The maximum atomic E-state index is 13.0. The number of carbonyl (C=O) groups is 3. The van der Waals surface area contributed by atoms with E-state index in [1.165, 1.54) is 31.4 Å². The molecule has 7 heteroatoms. The molecular formula is C23H18FNO5. The van der Waals surface area contributed by atoms with Gasteiger partial charge in [-0.2, -0.15) is 0 Å². The number of carbonyl (C=O) groups excluding carboxylic acids is 3. The largest absolute Gasteiger partial charge is 0.484 e. The number of hydrogen-bond donors (Lipinski definition) is 1. The lowest BCUT2D eigenvalue weighted by molar-refractivity contribution is -0.118. The van der Waals surface area contributed by atoms with Crippen LogP contribution in [0.25, 0.3) is 0 Å². The van der Waals surface area contributed by atoms with E-state index in [4.69, 9.17) is 4.74 Å². The number of rotatable bonds is 7. The monoisotopic (exact) mass is 407 g/mol. The highest BCUT2D eigenvalue weighted by atomic mass is 19.1. The van der Waals surface area contributed by atoms with Crippen molar-refractivity contribution in [1.29, 1.82) is 0 Å². The van der Waals surface area contributed by atoms with E-state index < -0.39 is 11.8 Å². The van der Waals surface area contributed by atoms with Crippen LogP contribution in [0.3, 0.4) is 0 Å². The number of esters is 1. The summed E-state index contributed by atoms with van der Waals surface area (Å²) >= 11 is 0. The number of ketones is 1. The lowest BCUT2D eigenvalue weighted by atomic mass is 10.0. The van der Waals surface area contributed by atoms with Crippen molar-refractivity contribution in [1.82, 2.24) is 0 Å². The average molecular weight is 407 g/mol. The molecule has 3 aromatic carbocycles. The first-order chi connectivity index (χ1) is 14.5. The van der Waals surface area contributed by atoms with Crippen LogP contribution in [0.4, 0.5) is 10.1 Å². The van der Waals surface area contributed by atoms with Crippen LogP contribution in [0.5, 0.6) is 5.75 Å². The zero-order valence-electron chi connectivity index (χ0n) is 16.1. The molecule has 6 nitrogen and oxygen atoms in total. The number of methoxy groups -OCH3 is 1. The molecule has 0 heterocycles. The quantitative estimate of drug-likeness (QED) is 0.475. The van der Waals surface area contributed by atoms with Gasteiger partial charge in [-0.05, 0) is 72.8 Å². The molecule has 0 aromatic heterocycles. The predicted octanol–water partition coefficient (Wildman–Crippen LogP) is 3.86. The Hall–Kier alpha value is -4.00. The average Bonchev–Trinajstić information content (AvgIpc) is 2.78. The van der Waals surface area contributed by atoms with E-state index in [0.29, 0.717) is 28.1 Å². The second-order valence-corrected chi connectivity index (χ2v) is 6.27. The Bertz CT molecular complexity index is 1040. The summed E-state index contributed by atoms with van der Waals surface area (Å²) in [5.74, 6) is -1.07. The van der Waals surface area contributed by atoms with E-state index in [0.717, 1.165) is 0 Å². The zero-order valence-corrected chi connectivity index (χ0v) is 16.1. The molecule has 0 bridgehead atoms. The summed E-state index contributed by atoms with van der Waals surface area (Å²) in [4.78, 5) is 35.8. The Morgan fingerprint density at radius 3 is 1.90 bits per heavy atom. The Labute approximate surface area is 172 Å². The van der Waals surface area contributed by atoms with E-state index in [1.807, 2.05) is 0 Å². The molecule has 0 saturated heterocycles. The van der Waals surface area contributed by atoms with E-state index in [-0.39, 0.29) is 18.3 Å². The van der Waals surface area contributed by atoms with Gasteiger partial charge in [0.25, 0.3) is 5.91 Å². The summed E-state index contributed by atoms with van der Waals surface area (Å²) in [6.07, 6.45) is 0. The van der Waals surface area contributed by atoms with E-state index in [9.17, 15) is 18.8 Å². The summed E-state index contributed by atoms with van der Waals surface area (Å²) < 4.78 is 23.0. The van der Waals surface area contributed by atoms with Crippen LogP contribution in [-0.4, -0.2) is 31.4 Å². The third-order valence-corrected chi connectivity index (χ3v) is 4.18. The number of amides is 1. The molecule has 0 aliphatic carbocycles. The van der Waals surface area contributed by atoms with Crippen molar-refractivity contribution in [2.24, 2.45) is 0 Å². The van der Waals surface area contributed by atoms with Crippen molar-refractivity contribution in [2.45, 2.75) is 0 Å². The summed E-state index contributed by atoms with van der Waals surface area (Å²) in [5, 5.41) is 2.65. The maximum Gasteiger partial charge on any atom is 0.337 e. The van der Waals surface area contributed by atoms with Gasteiger partial charge in [0.15, 0.2) is 12.4 Å². The van der Waals surface area contributed by atoms with Crippen LogP contribution in [0.2, 0.25) is 0 Å². The van der Waals surface area contributed by atoms with Gasteiger partial charge in [-0.1, -0.05) is 0 Å². The minimum Gasteiger partial charge on any atom is -0.484 e. The third-order valence-electron chi connectivity index (χ3n) is 4.18. The number of halogens is 1. The van der Waals surface area contributed by atoms with Gasteiger partial charge in [0, 0.05) is 16.8 Å². The number of ether oxygens (including phenoxy) is 2. The predicted molar refractivity (Wildman–Crippen MR) is 108 cm³/mol. The Balaban J connectivity index is 1.53. The molecule has 3 aromatic rings. The molecule has 1 N–H and O–H groups in total. The van der Waals surface area contributed by atoms with Crippen molar-refractivity contribution in [3.05, 3.63) is 95.3 Å². The SMILES string of the molecule is COC(=O)c1ccc(NC(=O)COc2ccc(C(=O)c3ccc(F)cc3)cc2)cc1. The zero-order chi connectivity index (χ0) is 21.5. The molecule has 0 saturated carbocycles. The summed E-state index contributed by atoms with van der Waals surface area (Å²) in [5.41, 5.74) is 1.69. The van der Waals surface area contributed by atoms with Crippen LogP contribution in [-0.2, 0) is 9.53 Å². The van der Waals surface area contributed by atoms with Crippen LogP contribution < -0.4 is 10.1 Å². The van der Waals surface area contributed by atoms with Gasteiger partial charge in [-0.25, -0.2) is 9.18 Å². The van der Waals surface area contributed by atoms with E-state index in [1.54, 1.807) is 48.5 Å². The molecule has 0 fully saturated rings. The fourth-order valence-corrected chi connectivity index (χ4v) is 2.62. The fraction of sp³-hybridized carbons (Fsp3) is 0.0870. The highest BCUT2D eigenvalue weighted by Crippen LogP contribution is 2.16. The first-order valence-electron chi connectivity index (χ1n) is 8.97. The minimum absolute atomic E-state index is 0.232. The lowest BCUT2D eigenvalue weighted by Crippen LogP contribution is -2.20. The Morgan fingerprint density at radius 1 is 0.800 bits per heavy atom. The molecule has 1 amide bonds. The van der Waals surface area contributed by atoms with Crippen molar-refractivity contribution < 1.29 is 28.2 Å². The summed E-state index contributed by atoms with van der Waals surface area (Å²) in [6, 6.07) is 17.9. The van der Waals surface area contributed by atoms with Gasteiger partial charge in [0.1, 0.15) is 11.6 Å². The first kappa shape index (κ1) is 20.7. The molecule has 3 rings (SSSR count). The summed E-state index contributed by atoms with van der Waals surface area (Å²) in [7, 11) is 1.29. The van der Waals surface area contributed by atoms with Gasteiger partial charge in [-0.3, -0.25) is 9.59 Å². The molecule has 30 heavy (non-hydrogen) atoms. The van der Waals surface area contributed by atoms with Crippen molar-refractivity contribution in [3.8, 4) is 5.75 Å². The molecule has 0 aliphatic heterocycles. The molecule has 0 spiro atoms. The molecule has 152 valence electrons. The highest BCUT2D eigenvalue weighted by molar-refractivity contribution is 6.09. The van der Waals surface area contributed by atoms with Crippen molar-refractivity contribution >= 4 is 23.3 Å². The van der Waals surface area contributed by atoms with Crippen LogP contribution in [0, 0.1) is 5.82 Å². The lowest BCUT2D eigenvalue weighted by Gasteiger charge is -2.09. The fourth-order valence-electron chi connectivity index (χ4n) is 2.62. The van der Waals surface area contributed by atoms with E-state index >= 15 is 0 Å². The van der Waals surface area contributed by atoms with Gasteiger partial charge in [-0.15, -0.1) is 0 Å². The Kier molecular flexibility index (Phi) is 6.54. The Morgan fingerprint density at radius 2 is 1.33 bits per heavy atom. The van der Waals surface area contributed by atoms with Gasteiger partial charge < -0.3 is 14.8 Å². The summed E-state index contributed by atoms with van der Waals surface area (Å²) in [6.45, 7) is -0.232.